The Kier molecular flexibility index (Phi) is 6.59. The molecule has 4 N–H and O–H groups in total. The summed E-state index contributed by atoms with van der Waals surface area (Å²) in [5, 5.41) is 22.1. The Balaban J connectivity index is 1.52. The molecular weight excluding hydrogens is 414 g/mol. The van der Waals surface area contributed by atoms with Crippen LogP contribution in [0.4, 0.5) is 0 Å². The van der Waals surface area contributed by atoms with Crippen LogP contribution in [-0.4, -0.2) is 41.9 Å². The molecule has 4 aliphatic rings. The minimum Gasteiger partial charge on any atom is -0.393 e. The van der Waals surface area contributed by atoms with Crippen LogP contribution < -0.4 is 4.72 Å². The Labute approximate surface area is 188 Å². The summed E-state index contributed by atoms with van der Waals surface area (Å²) in [6.07, 6.45) is 9.67. The predicted molar refractivity (Wildman–Crippen MR) is 121 cm³/mol. The van der Waals surface area contributed by atoms with Crippen LogP contribution in [0.15, 0.2) is 0 Å². The smallest absolute Gasteiger partial charge is 0.333 e. The van der Waals surface area contributed by atoms with Crippen LogP contribution in [0.25, 0.3) is 0 Å². The van der Waals surface area contributed by atoms with E-state index in [0.29, 0.717) is 29.6 Å². The molecule has 0 aliphatic heterocycles. The van der Waals surface area contributed by atoms with Crippen LogP contribution in [0.5, 0.6) is 0 Å². The van der Waals surface area contributed by atoms with Crippen molar-refractivity contribution in [1.82, 2.24) is 4.72 Å². The predicted octanol–water partition coefficient (Wildman–Crippen LogP) is 3.79. The average molecular weight is 458 g/mol. The van der Waals surface area contributed by atoms with E-state index in [-0.39, 0.29) is 35.5 Å². The summed E-state index contributed by atoms with van der Waals surface area (Å²) in [5.74, 6) is 2.67. The number of hydrogen-bond acceptors (Lipinski definition) is 4. The van der Waals surface area contributed by atoms with Crippen molar-refractivity contribution in [1.29, 1.82) is 0 Å². The molecule has 0 heterocycles. The zero-order valence-electron chi connectivity index (χ0n) is 19.5. The van der Waals surface area contributed by atoms with Gasteiger partial charge in [-0.3, -0.25) is 4.55 Å². The lowest BCUT2D eigenvalue weighted by molar-refractivity contribution is -0.202. The summed E-state index contributed by atoms with van der Waals surface area (Å²) in [7, 11) is -4.11. The van der Waals surface area contributed by atoms with Gasteiger partial charge >= 0.3 is 10.3 Å². The van der Waals surface area contributed by atoms with Crippen molar-refractivity contribution in [3.8, 4) is 0 Å². The fourth-order valence-corrected chi connectivity index (χ4v) is 9.49. The second kappa shape index (κ2) is 8.53. The molecule has 4 fully saturated rings. The van der Waals surface area contributed by atoms with Crippen molar-refractivity contribution in [2.75, 3.05) is 6.54 Å². The summed E-state index contributed by atoms with van der Waals surface area (Å²) >= 11 is 0. The van der Waals surface area contributed by atoms with Gasteiger partial charge in [0.2, 0.25) is 0 Å². The molecule has 0 aromatic carbocycles. The first-order valence-corrected chi connectivity index (χ1v) is 14.0. The zero-order valence-corrected chi connectivity index (χ0v) is 20.3. The van der Waals surface area contributed by atoms with Gasteiger partial charge in [-0.25, -0.2) is 0 Å². The number of nitrogens with one attached hydrogen (secondary N) is 1. The van der Waals surface area contributed by atoms with Crippen molar-refractivity contribution in [3.63, 3.8) is 0 Å². The van der Waals surface area contributed by atoms with Gasteiger partial charge in [-0.1, -0.05) is 27.2 Å². The van der Waals surface area contributed by atoms with Crippen molar-refractivity contribution in [2.24, 2.45) is 46.3 Å². The summed E-state index contributed by atoms with van der Waals surface area (Å²) in [6, 6.07) is 0. The Hall–Kier alpha value is -0.210. The molecule has 0 amide bonds. The molecule has 4 saturated carbocycles. The van der Waals surface area contributed by atoms with E-state index in [2.05, 4.69) is 25.5 Å². The third-order valence-corrected chi connectivity index (χ3v) is 11.2. The van der Waals surface area contributed by atoms with E-state index in [9.17, 15) is 18.6 Å². The van der Waals surface area contributed by atoms with E-state index in [1.54, 1.807) is 0 Å². The standard InChI is InChI=1S/C24H43NO5S/c1-4-17-20-14-16(26)9-11-24(20,3)19-10-12-23(2)15(6-5-13-25-31(28,29)30)7-8-18(23)21(19)22(17)27/h15-22,25-27H,4-14H2,1-3H3,(H,28,29,30)/t15-,16+,17+,18-,19-,20-,21-,22+,23+,24+/m0/s1. The van der Waals surface area contributed by atoms with Gasteiger partial charge in [0.15, 0.2) is 0 Å². The lowest BCUT2D eigenvalue weighted by Gasteiger charge is -2.64. The molecular formula is C24H43NO5S. The molecule has 6 nitrogen and oxygen atoms in total. The molecule has 0 unspecified atom stereocenters. The SMILES string of the molecule is CC[C@H]1[C@@H](O)[C@@H]2[C@H](CC[C@]3(C)[C@@H](CCCNS(=O)(=O)O)CC[C@@H]23)[C@@]2(C)CC[C@@H](O)C[C@@H]12. The van der Waals surface area contributed by atoms with Gasteiger partial charge in [-0.05, 0) is 104 Å². The van der Waals surface area contributed by atoms with Crippen molar-refractivity contribution < 1.29 is 23.2 Å². The third-order valence-electron chi connectivity index (χ3n) is 10.6. The number of rotatable bonds is 6. The summed E-state index contributed by atoms with van der Waals surface area (Å²) in [5.41, 5.74) is 0.429. The highest BCUT2D eigenvalue weighted by Crippen LogP contribution is 2.69. The average Bonchev–Trinajstić information content (AvgIpc) is 3.02. The monoisotopic (exact) mass is 457 g/mol. The molecule has 0 aromatic rings. The highest BCUT2D eigenvalue weighted by Gasteiger charge is 2.64. The van der Waals surface area contributed by atoms with Crippen LogP contribution in [-0.2, 0) is 10.3 Å². The van der Waals surface area contributed by atoms with Crippen molar-refractivity contribution in [3.05, 3.63) is 0 Å². The first kappa shape index (κ1) is 23.9. The number of fused-ring (bicyclic) bond motifs is 5. The minimum atomic E-state index is -4.11. The van der Waals surface area contributed by atoms with Gasteiger partial charge in [0.1, 0.15) is 0 Å². The van der Waals surface area contributed by atoms with Crippen LogP contribution in [0, 0.1) is 46.3 Å². The highest BCUT2D eigenvalue weighted by molar-refractivity contribution is 7.83. The number of aliphatic hydroxyl groups excluding tert-OH is 2. The third kappa shape index (κ3) is 4.11. The Morgan fingerprint density at radius 2 is 1.65 bits per heavy atom. The molecule has 4 aliphatic carbocycles. The van der Waals surface area contributed by atoms with E-state index in [4.69, 9.17) is 4.55 Å². The van der Waals surface area contributed by atoms with Crippen molar-refractivity contribution in [2.45, 2.75) is 97.2 Å². The van der Waals surface area contributed by atoms with Gasteiger partial charge in [0, 0.05) is 6.54 Å². The van der Waals surface area contributed by atoms with E-state index >= 15 is 0 Å². The van der Waals surface area contributed by atoms with E-state index in [0.717, 1.165) is 57.8 Å². The first-order valence-electron chi connectivity index (χ1n) is 12.6. The molecule has 31 heavy (non-hydrogen) atoms. The molecule has 10 atom stereocenters. The fourth-order valence-electron chi connectivity index (χ4n) is 9.09. The normalized spacial score (nSPS) is 49.9. The second-order valence-electron chi connectivity index (χ2n) is 11.7. The van der Waals surface area contributed by atoms with Gasteiger partial charge in [0.25, 0.3) is 0 Å². The zero-order chi connectivity index (χ0) is 22.6. The van der Waals surface area contributed by atoms with Crippen LogP contribution in [0.2, 0.25) is 0 Å². The molecule has 0 radical (unpaired) electrons. The summed E-state index contributed by atoms with van der Waals surface area (Å²) < 4.78 is 33.0. The quantitative estimate of drug-likeness (QED) is 0.359. The minimum absolute atomic E-state index is 0.204. The van der Waals surface area contributed by atoms with E-state index < -0.39 is 10.3 Å². The fraction of sp³-hybridized carbons (Fsp3) is 1.00. The maximum Gasteiger partial charge on any atom is 0.333 e. The van der Waals surface area contributed by atoms with E-state index in [1.165, 1.54) is 6.42 Å². The summed E-state index contributed by atoms with van der Waals surface area (Å²) in [4.78, 5) is 0. The van der Waals surface area contributed by atoms with E-state index in [1.807, 2.05) is 0 Å². The molecule has 0 aromatic heterocycles. The van der Waals surface area contributed by atoms with Crippen LogP contribution in [0.1, 0.15) is 85.0 Å². The van der Waals surface area contributed by atoms with Gasteiger partial charge in [-0.2, -0.15) is 13.1 Å². The topological polar surface area (TPSA) is 107 Å². The van der Waals surface area contributed by atoms with Crippen LogP contribution in [0.3, 0.4) is 0 Å². The Morgan fingerprint density at radius 3 is 2.32 bits per heavy atom. The second-order valence-corrected chi connectivity index (χ2v) is 13.0. The molecule has 4 rings (SSSR count). The largest absolute Gasteiger partial charge is 0.393 e. The maximum absolute atomic E-state index is 11.7. The van der Waals surface area contributed by atoms with Gasteiger partial charge in [0.05, 0.1) is 12.2 Å². The summed E-state index contributed by atoms with van der Waals surface area (Å²) in [6.45, 7) is 7.38. The van der Waals surface area contributed by atoms with Crippen molar-refractivity contribution >= 4 is 10.3 Å². The number of aliphatic hydroxyl groups is 2. The van der Waals surface area contributed by atoms with Gasteiger partial charge < -0.3 is 10.2 Å². The lowest BCUT2D eigenvalue weighted by Crippen LogP contribution is -2.62. The maximum atomic E-state index is 11.7. The molecule has 7 heteroatoms. The van der Waals surface area contributed by atoms with Gasteiger partial charge in [-0.15, -0.1) is 0 Å². The first-order chi connectivity index (χ1) is 14.5. The molecule has 0 spiro atoms. The van der Waals surface area contributed by atoms with Crippen LogP contribution >= 0.6 is 0 Å². The molecule has 0 bridgehead atoms. The lowest BCUT2D eigenvalue weighted by atomic mass is 9.41. The molecule has 0 saturated heterocycles. The number of hydrogen-bond donors (Lipinski definition) is 4. The molecule has 180 valence electrons. The Bertz CT molecular complexity index is 759. The highest BCUT2D eigenvalue weighted by atomic mass is 32.2. The Morgan fingerprint density at radius 1 is 0.968 bits per heavy atom.